The van der Waals surface area contributed by atoms with Crippen LogP contribution in [0, 0.1) is 6.92 Å². The topological polar surface area (TPSA) is 61.1 Å². The molecule has 0 unspecified atom stereocenters. The number of ether oxygens (including phenoxy) is 3. The van der Waals surface area contributed by atoms with Crippen LogP contribution in [0.25, 0.3) is 11.0 Å². The van der Waals surface area contributed by atoms with Crippen molar-refractivity contribution in [1.82, 2.24) is 0 Å². The Kier molecular flexibility index (Phi) is 5.52. The standard InChI is InChI=1S/C23H24ClNO5/c1-5-6-14-8-21(26)30-23-13(2)22-15(7-16(14)23)11-25(12-29-22)18-9-17(24)19(27-3)10-20(18)28-4/h7-10H,5-6,11-12H2,1-4H3. The molecule has 0 radical (unpaired) electrons. The molecule has 0 fully saturated rings. The minimum atomic E-state index is -0.330. The molecule has 0 atom stereocenters. The summed E-state index contributed by atoms with van der Waals surface area (Å²) in [5.41, 5.74) is 3.95. The molecule has 3 aromatic rings. The Bertz CT molecular complexity index is 1170. The molecule has 0 amide bonds. The molecule has 0 saturated heterocycles. The van der Waals surface area contributed by atoms with Crippen molar-refractivity contribution in [2.45, 2.75) is 33.2 Å². The van der Waals surface area contributed by atoms with Crippen LogP contribution in [0.2, 0.25) is 5.02 Å². The first kappa shape index (κ1) is 20.4. The number of hydrogen-bond acceptors (Lipinski definition) is 6. The molecule has 0 N–H and O–H groups in total. The number of aryl methyl sites for hydroxylation is 2. The van der Waals surface area contributed by atoms with Gasteiger partial charge < -0.3 is 23.5 Å². The second-order valence-corrected chi connectivity index (χ2v) is 7.74. The van der Waals surface area contributed by atoms with Gasteiger partial charge in [-0.05, 0) is 31.0 Å². The van der Waals surface area contributed by atoms with Crippen LogP contribution in [0.4, 0.5) is 5.69 Å². The van der Waals surface area contributed by atoms with Gasteiger partial charge in [-0.15, -0.1) is 0 Å². The van der Waals surface area contributed by atoms with Crippen molar-refractivity contribution in [2.24, 2.45) is 0 Å². The molecule has 4 rings (SSSR count). The van der Waals surface area contributed by atoms with Crippen molar-refractivity contribution in [1.29, 1.82) is 0 Å². The van der Waals surface area contributed by atoms with Gasteiger partial charge in [0.15, 0.2) is 6.73 Å². The summed E-state index contributed by atoms with van der Waals surface area (Å²) in [5.74, 6) is 1.96. The summed E-state index contributed by atoms with van der Waals surface area (Å²) in [6, 6.07) is 7.25. The molecule has 7 heteroatoms. The van der Waals surface area contributed by atoms with Gasteiger partial charge in [-0.1, -0.05) is 24.9 Å². The lowest BCUT2D eigenvalue weighted by molar-refractivity contribution is 0.285. The van der Waals surface area contributed by atoms with Crippen molar-refractivity contribution in [3.05, 3.63) is 56.4 Å². The van der Waals surface area contributed by atoms with E-state index in [0.717, 1.165) is 46.4 Å². The average Bonchev–Trinajstić information content (AvgIpc) is 2.74. The molecular weight excluding hydrogens is 406 g/mol. The van der Waals surface area contributed by atoms with E-state index < -0.39 is 0 Å². The van der Waals surface area contributed by atoms with E-state index in [1.807, 2.05) is 13.0 Å². The third-order valence-corrected chi connectivity index (χ3v) is 5.71. The maximum absolute atomic E-state index is 12.0. The molecule has 2 heterocycles. The molecule has 158 valence electrons. The monoisotopic (exact) mass is 429 g/mol. The molecule has 0 aliphatic carbocycles. The zero-order valence-electron chi connectivity index (χ0n) is 17.5. The lowest BCUT2D eigenvalue weighted by Crippen LogP contribution is -2.32. The quantitative estimate of drug-likeness (QED) is 0.527. The Balaban J connectivity index is 1.81. The Morgan fingerprint density at radius 2 is 1.90 bits per heavy atom. The number of halogens is 1. The zero-order valence-corrected chi connectivity index (χ0v) is 18.3. The number of nitrogens with zero attached hydrogens (tertiary/aromatic N) is 1. The van der Waals surface area contributed by atoms with Crippen molar-refractivity contribution >= 4 is 28.3 Å². The van der Waals surface area contributed by atoms with E-state index in [0.29, 0.717) is 35.4 Å². The van der Waals surface area contributed by atoms with Crippen LogP contribution in [-0.2, 0) is 13.0 Å². The maximum atomic E-state index is 12.0. The Morgan fingerprint density at radius 1 is 1.13 bits per heavy atom. The molecule has 6 nitrogen and oxygen atoms in total. The van der Waals surface area contributed by atoms with Crippen LogP contribution in [-0.4, -0.2) is 21.0 Å². The SMILES string of the molecule is CCCc1cc(=O)oc2c(C)c3c(cc12)CN(c1cc(Cl)c(OC)cc1OC)CO3. The number of methoxy groups -OCH3 is 2. The van der Waals surface area contributed by atoms with E-state index >= 15 is 0 Å². The predicted molar refractivity (Wildman–Crippen MR) is 117 cm³/mol. The zero-order chi connectivity index (χ0) is 21.4. The lowest BCUT2D eigenvalue weighted by atomic mass is 9.98. The van der Waals surface area contributed by atoms with E-state index in [2.05, 4.69) is 17.9 Å². The normalized spacial score (nSPS) is 13.2. The van der Waals surface area contributed by atoms with Crippen molar-refractivity contribution in [3.63, 3.8) is 0 Å². The molecule has 30 heavy (non-hydrogen) atoms. The number of benzene rings is 2. The smallest absolute Gasteiger partial charge is 0.336 e. The van der Waals surface area contributed by atoms with Gasteiger partial charge in [0.1, 0.15) is 22.8 Å². The van der Waals surface area contributed by atoms with Gasteiger partial charge in [0.25, 0.3) is 0 Å². The number of hydrogen-bond donors (Lipinski definition) is 0. The molecule has 1 aromatic heterocycles. The summed E-state index contributed by atoms with van der Waals surface area (Å²) < 4.78 is 22.5. The summed E-state index contributed by atoms with van der Waals surface area (Å²) in [6.45, 7) is 4.95. The van der Waals surface area contributed by atoms with Crippen molar-refractivity contribution < 1.29 is 18.6 Å². The highest BCUT2D eigenvalue weighted by Gasteiger charge is 2.25. The number of anilines is 1. The second-order valence-electron chi connectivity index (χ2n) is 7.34. The summed E-state index contributed by atoms with van der Waals surface area (Å²) >= 11 is 6.36. The van der Waals surface area contributed by atoms with Crippen LogP contribution in [0.3, 0.4) is 0 Å². The van der Waals surface area contributed by atoms with Crippen LogP contribution in [0.1, 0.15) is 30.0 Å². The first-order valence-electron chi connectivity index (χ1n) is 9.85. The molecule has 0 saturated carbocycles. The largest absolute Gasteiger partial charge is 0.495 e. The first-order valence-corrected chi connectivity index (χ1v) is 10.2. The van der Waals surface area contributed by atoms with Gasteiger partial charge in [0.05, 0.1) is 31.5 Å². The van der Waals surface area contributed by atoms with Crippen molar-refractivity contribution in [3.8, 4) is 17.2 Å². The fourth-order valence-corrected chi connectivity index (χ4v) is 4.24. The minimum absolute atomic E-state index is 0.317. The fourth-order valence-electron chi connectivity index (χ4n) is 4.01. The second kappa shape index (κ2) is 8.11. The predicted octanol–water partition coefficient (Wildman–Crippen LogP) is 5.08. The highest BCUT2D eigenvalue weighted by Crippen LogP contribution is 2.42. The summed E-state index contributed by atoms with van der Waals surface area (Å²) in [7, 11) is 3.18. The third kappa shape index (κ3) is 3.45. The van der Waals surface area contributed by atoms with E-state index in [1.165, 1.54) is 0 Å². The maximum Gasteiger partial charge on any atom is 0.336 e. The Labute approximate surface area is 179 Å². The fraction of sp³-hybridized carbons (Fsp3) is 0.348. The summed E-state index contributed by atoms with van der Waals surface area (Å²) in [5, 5.41) is 1.46. The van der Waals surface area contributed by atoms with E-state index in [-0.39, 0.29) is 5.63 Å². The highest BCUT2D eigenvalue weighted by molar-refractivity contribution is 6.32. The third-order valence-electron chi connectivity index (χ3n) is 5.42. The molecule has 1 aliphatic heterocycles. The highest BCUT2D eigenvalue weighted by atomic mass is 35.5. The van der Waals surface area contributed by atoms with Crippen molar-refractivity contribution in [2.75, 3.05) is 25.9 Å². The van der Waals surface area contributed by atoms with E-state index in [1.54, 1.807) is 26.4 Å². The van der Waals surface area contributed by atoms with Gasteiger partial charge in [-0.3, -0.25) is 0 Å². The first-order chi connectivity index (χ1) is 14.5. The number of rotatable bonds is 5. The van der Waals surface area contributed by atoms with Gasteiger partial charge >= 0.3 is 5.63 Å². The number of fused-ring (bicyclic) bond motifs is 2. The minimum Gasteiger partial charge on any atom is -0.495 e. The Morgan fingerprint density at radius 3 is 2.60 bits per heavy atom. The van der Waals surface area contributed by atoms with Gasteiger partial charge in [0, 0.05) is 28.6 Å². The van der Waals surface area contributed by atoms with Crippen LogP contribution >= 0.6 is 11.6 Å². The van der Waals surface area contributed by atoms with Gasteiger partial charge in [-0.25, -0.2) is 4.79 Å². The van der Waals surface area contributed by atoms with Gasteiger partial charge in [-0.2, -0.15) is 0 Å². The molecule has 0 bridgehead atoms. The molecule has 2 aromatic carbocycles. The summed E-state index contributed by atoms with van der Waals surface area (Å²) in [4.78, 5) is 14.1. The average molecular weight is 430 g/mol. The Hall–Kier alpha value is -2.86. The molecular formula is C23H24ClNO5. The van der Waals surface area contributed by atoms with Crippen LogP contribution < -0.4 is 24.7 Å². The van der Waals surface area contributed by atoms with Gasteiger partial charge in [0.2, 0.25) is 0 Å². The van der Waals surface area contributed by atoms with E-state index in [4.69, 9.17) is 30.2 Å². The molecule has 0 spiro atoms. The molecule has 1 aliphatic rings. The van der Waals surface area contributed by atoms with Crippen LogP contribution in [0.15, 0.2) is 33.5 Å². The summed E-state index contributed by atoms with van der Waals surface area (Å²) in [6.07, 6.45) is 1.76. The lowest BCUT2D eigenvalue weighted by Gasteiger charge is -2.33. The van der Waals surface area contributed by atoms with Crippen LogP contribution in [0.5, 0.6) is 17.2 Å². The van der Waals surface area contributed by atoms with E-state index in [9.17, 15) is 4.79 Å².